The summed E-state index contributed by atoms with van der Waals surface area (Å²) in [6.07, 6.45) is 0. The molecule has 1 atom stereocenters. The summed E-state index contributed by atoms with van der Waals surface area (Å²) in [5.41, 5.74) is 0. The van der Waals surface area contributed by atoms with Crippen LogP contribution in [0, 0.1) is 0 Å². The number of hydrogen-bond acceptors (Lipinski definition) is 0. The predicted octanol–water partition coefficient (Wildman–Crippen LogP) is 0.628. The first-order chi connectivity index (χ1) is 0. The van der Waals surface area contributed by atoms with Gasteiger partial charge >= 0.3 is 0 Å². The molecule has 1 unspecified atom stereocenters. The lowest BCUT2D eigenvalue weighted by Crippen LogP contribution is 0.419. The van der Waals surface area contributed by atoms with Gasteiger partial charge in [-0.05, 0) is 0 Å². The van der Waals surface area contributed by atoms with Gasteiger partial charge in [0.25, 0.3) is 0 Å². The molecule has 0 bridgehead atoms. The molecule has 0 aromatic carbocycles. The molecule has 0 radical (unpaired) electrons. The quantitative estimate of drug-likeness (QED) is 0.420. The molecule has 0 N–H and O–H groups in total. The average molecular weight is 128 g/mol. The minimum absolute atomic E-state index is 0. The van der Waals surface area contributed by atoms with Crippen LogP contribution in [0.5, 0.6) is 0 Å². The third-order valence-electron chi connectivity index (χ3n) is 0. The Morgan fingerprint density at radius 2 is 0.600 bits per heavy atom. The molecular formula is H8F3PS. The summed E-state index contributed by atoms with van der Waals surface area (Å²) in [4.78, 5) is 0. The first kappa shape index (κ1) is 358. The molecule has 0 fully saturated rings. The van der Waals surface area contributed by atoms with Gasteiger partial charge in [-0.1, -0.05) is 0 Å². The second-order valence-corrected chi connectivity index (χ2v) is 0. The van der Waals surface area contributed by atoms with E-state index in [2.05, 4.69) is 0 Å². The second kappa shape index (κ2) is 179. The largest absolute Gasteiger partial charge is 0.269 e. The van der Waals surface area contributed by atoms with Crippen LogP contribution in [0.3, 0.4) is 0 Å². The summed E-state index contributed by atoms with van der Waals surface area (Å²) in [6, 6.07) is 0. The maximum absolute atomic E-state index is 0. The Bertz CT molecular complexity index is 6.85. The maximum Gasteiger partial charge on any atom is -0.153 e. The summed E-state index contributed by atoms with van der Waals surface area (Å²) in [7, 11) is 0. The van der Waals surface area contributed by atoms with Crippen molar-refractivity contribution in [2.75, 3.05) is 0 Å². The fraction of sp³-hybridized carbons (Fsp3) is 0. The van der Waals surface area contributed by atoms with E-state index in [1.165, 1.54) is 0 Å². The Kier molecular flexibility index (Phi) is 12800. The highest BCUT2D eigenvalue weighted by molar-refractivity contribution is 7.59. The molecule has 0 amide bonds. The standard InChI is InChI=1S/3FH.H3P.H2S/h3*1H;1H3;1H2. The topological polar surface area (TPSA) is 0 Å². The molecule has 5 heavy (non-hydrogen) atoms. The van der Waals surface area contributed by atoms with Crippen LogP contribution in [-0.2, 0) is 0 Å². The lowest BCUT2D eigenvalue weighted by atomic mass is 19.0. The zero-order valence-electron chi connectivity index (χ0n) is 2.43. The molecule has 0 spiro atoms. The zero-order chi connectivity index (χ0) is 0. The maximum atomic E-state index is 0. The summed E-state index contributed by atoms with van der Waals surface area (Å²) >= 11 is 0. The minimum atomic E-state index is 0. The van der Waals surface area contributed by atoms with E-state index in [0.29, 0.717) is 0 Å². The molecule has 0 saturated heterocycles. The number of rotatable bonds is 0. The third-order valence-corrected chi connectivity index (χ3v) is 0. The molecule has 0 rings (SSSR count). The Hall–Kier alpha value is 0.570. The van der Waals surface area contributed by atoms with Crippen LogP contribution >= 0.6 is 23.4 Å². The fourth-order valence-corrected chi connectivity index (χ4v) is 0. The monoisotopic (exact) mass is 128 g/mol. The van der Waals surface area contributed by atoms with Crippen LogP contribution in [0.2, 0.25) is 0 Å². The van der Waals surface area contributed by atoms with Crippen LogP contribution in [-0.4, -0.2) is 0 Å². The molecular weight excluding hydrogens is 120 g/mol. The lowest BCUT2D eigenvalue weighted by Gasteiger charge is -0.270. The van der Waals surface area contributed by atoms with Crippen molar-refractivity contribution in [3.05, 3.63) is 0 Å². The van der Waals surface area contributed by atoms with Gasteiger partial charge in [0.2, 0.25) is 0 Å². The van der Waals surface area contributed by atoms with Gasteiger partial charge < -0.3 is 0 Å². The van der Waals surface area contributed by atoms with Crippen molar-refractivity contribution in [1.82, 2.24) is 0 Å². The van der Waals surface area contributed by atoms with Gasteiger partial charge in [0.1, 0.15) is 0 Å². The molecule has 0 heterocycles. The summed E-state index contributed by atoms with van der Waals surface area (Å²) in [5.74, 6) is 0. The Morgan fingerprint density at radius 3 is 0.600 bits per heavy atom. The predicted molar refractivity (Wildman–Crippen MR) is 29.0 cm³/mol. The van der Waals surface area contributed by atoms with Gasteiger partial charge in [0.15, 0.2) is 0 Å². The zero-order valence-corrected chi connectivity index (χ0v) is 4.85. The highest BCUT2D eigenvalue weighted by Gasteiger charge is -0.153. The average Bonchev–Trinajstić information content (AvgIpc) is 0. The number of hydrogen-bond donors (Lipinski definition) is 0. The van der Waals surface area contributed by atoms with E-state index in [9.17, 15) is 0 Å². The van der Waals surface area contributed by atoms with E-state index >= 15 is 0 Å². The van der Waals surface area contributed by atoms with Gasteiger partial charge in [-0.15, -0.1) is 0 Å². The van der Waals surface area contributed by atoms with Gasteiger partial charge in [-0.3, -0.25) is 14.1 Å². The van der Waals surface area contributed by atoms with Crippen molar-refractivity contribution in [2.24, 2.45) is 0 Å². The molecule has 40 valence electrons. The molecule has 0 aromatic rings. The molecule has 5 heteroatoms. The van der Waals surface area contributed by atoms with E-state index in [4.69, 9.17) is 0 Å². The summed E-state index contributed by atoms with van der Waals surface area (Å²) in [6.45, 7) is 0. The van der Waals surface area contributed by atoms with Gasteiger partial charge in [-0.2, -0.15) is 23.4 Å². The van der Waals surface area contributed by atoms with Gasteiger partial charge in [0, 0.05) is 0 Å². The summed E-state index contributed by atoms with van der Waals surface area (Å²) in [5, 5.41) is 0. The first-order valence-electron chi connectivity index (χ1n) is 0. The van der Waals surface area contributed by atoms with Crippen LogP contribution < -0.4 is 0 Å². The minimum Gasteiger partial charge on any atom is -0.269 e. The first-order valence-corrected chi connectivity index (χ1v) is 0. The van der Waals surface area contributed by atoms with Crippen LogP contribution in [0.15, 0.2) is 0 Å². The van der Waals surface area contributed by atoms with E-state index in [1.54, 1.807) is 0 Å². The van der Waals surface area contributed by atoms with E-state index < -0.39 is 0 Å². The highest BCUT2D eigenvalue weighted by Crippen LogP contribution is 0.861. The molecule has 0 aliphatic carbocycles. The van der Waals surface area contributed by atoms with Crippen LogP contribution in [0.25, 0.3) is 0 Å². The highest BCUT2D eigenvalue weighted by atomic mass is 32.1. The van der Waals surface area contributed by atoms with Crippen molar-refractivity contribution in [1.29, 1.82) is 0 Å². The SMILES string of the molecule is F.F.F.P.S. The van der Waals surface area contributed by atoms with E-state index in [1.807, 2.05) is 0 Å². The van der Waals surface area contributed by atoms with Crippen molar-refractivity contribution >= 4 is 23.4 Å². The molecule has 0 saturated carbocycles. The normalized spacial score (nSPS) is 0. The lowest BCUT2D eigenvalue weighted by molar-refractivity contribution is 1.11. The Balaban J connectivity index is 0. The number of halogens is 3. The van der Waals surface area contributed by atoms with Gasteiger partial charge in [-0.25, -0.2) is 0 Å². The van der Waals surface area contributed by atoms with Crippen LogP contribution in [0.4, 0.5) is 14.1 Å². The molecule has 0 aromatic heterocycles. The van der Waals surface area contributed by atoms with Crippen molar-refractivity contribution < 1.29 is 14.1 Å². The smallest absolute Gasteiger partial charge is 0.153 e. The summed E-state index contributed by atoms with van der Waals surface area (Å²) < 4.78 is 0. The third kappa shape index (κ3) is 92.9. The molecule has 0 aliphatic rings. The Labute approximate surface area is 38.5 Å². The fourth-order valence-electron chi connectivity index (χ4n) is 0. The van der Waals surface area contributed by atoms with Crippen molar-refractivity contribution in [3.63, 3.8) is 0 Å². The van der Waals surface area contributed by atoms with E-state index in [-0.39, 0.29) is 37.5 Å². The Morgan fingerprint density at radius 1 is 0.600 bits per heavy atom. The van der Waals surface area contributed by atoms with Crippen molar-refractivity contribution in [2.45, 2.75) is 0 Å². The van der Waals surface area contributed by atoms with Crippen LogP contribution in [0.1, 0.15) is 0 Å². The van der Waals surface area contributed by atoms with Crippen molar-refractivity contribution in [3.8, 4) is 0 Å². The molecule has 0 nitrogen and oxygen atoms in total. The molecule has 0 aliphatic heterocycles. The van der Waals surface area contributed by atoms with E-state index in [0.717, 1.165) is 0 Å². The van der Waals surface area contributed by atoms with Gasteiger partial charge in [0.05, 0.1) is 0 Å². The second-order valence-electron chi connectivity index (χ2n) is 0.